The molecular formula is C19H18ClN3O3S. The van der Waals surface area contributed by atoms with E-state index < -0.39 is 5.25 Å². The minimum atomic E-state index is -0.541. The molecule has 8 heteroatoms. The molecule has 140 valence electrons. The van der Waals surface area contributed by atoms with Gasteiger partial charge in [0.1, 0.15) is 11.0 Å². The lowest BCUT2D eigenvalue weighted by molar-refractivity contribution is -0.121. The van der Waals surface area contributed by atoms with Crippen LogP contribution in [0.5, 0.6) is 5.75 Å². The first kappa shape index (κ1) is 19.3. The normalized spacial score (nSPS) is 17.4. The number of carbonyl (C=O) groups is 2. The summed E-state index contributed by atoms with van der Waals surface area (Å²) in [7, 11) is 3.24. The number of thioether (sulfide) groups is 1. The summed E-state index contributed by atoms with van der Waals surface area (Å²) < 4.78 is 5.14. The second-order valence-corrected chi connectivity index (χ2v) is 7.37. The quantitative estimate of drug-likeness (QED) is 0.477. The Balaban J connectivity index is 1.70. The van der Waals surface area contributed by atoms with Crippen LogP contribution in [0, 0.1) is 0 Å². The molecule has 1 aliphatic rings. The number of carbonyl (C=O) groups excluding carboxylic acids is 2. The number of hydrogen-bond acceptors (Lipinski definition) is 5. The van der Waals surface area contributed by atoms with Gasteiger partial charge in [-0.15, -0.1) is 0 Å². The summed E-state index contributed by atoms with van der Waals surface area (Å²) >= 11 is 7.22. The van der Waals surface area contributed by atoms with E-state index in [1.807, 2.05) is 24.3 Å². The first-order valence-electron chi connectivity index (χ1n) is 8.18. The van der Waals surface area contributed by atoms with Crippen molar-refractivity contribution >= 4 is 51.7 Å². The number of nitrogens with zero attached hydrogens (tertiary/aromatic N) is 2. The van der Waals surface area contributed by atoms with Crippen molar-refractivity contribution in [2.24, 2.45) is 4.99 Å². The van der Waals surface area contributed by atoms with Crippen LogP contribution in [-0.4, -0.2) is 36.4 Å². The Kier molecular flexibility index (Phi) is 6.03. The van der Waals surface area contributed by atoms with Crippen molar-refractivity contribution in [3.8, 4) is 5.75 Å². The van der Waals surface area contributed by atoms with Gasteiger partial charge in [0, 0.05) is 24.2 Å². The number of amides is 2. The molecule has 0 radical (unpaired) electrons. The van der Waals surface area contributed by atoms with Crippen molar-refractivity contribution in [1.29, 1.82) is 0 Å². The molecule has 2 aromatic rings. The van der Waals surface area contributed by atoms with Crippen LogP contribution >= 0.6 is 23.4 Å². The number of amidine groups is 1. The number of rotatable bonds is 4. The Labute approximate surface area is 166 Å². The fourth-order valence-corrected chi connectivity index (χ4v) is 3.82. The number of methoxy groups -OCH3 is 1. The Bertz CT molecular complexity index is 886. The monoisotopic (exact) mass is 403 g/mol. The summed E-state index contributed by atoms with van der Waals surface area (Å²) in [6, 6.07) is 14.1. The third kappa shape index (κ3) is 4.43. The number of imide groups is 1. The summed E-state index contributed by atoms with van der Waals surface area (Å²) in [5, 5.41) is 3.65. The first-order chi connectivity index (χ1) is 13.0. The summed E-state index contributed by atoms with van der Waals surface area (Å²) in [6.07, 6.45) is 0.110. The number of anilines is 2. The van der Waals surface area contributed by atoms with Gasteiger partial charge in [-0.3, -0.25) is 14.6 Å². The van der Waals surface area contributed by atoms with Gasteiger partial charge in [-0.25, -0.2) is 4.90 Å². The standard InChI is InChI=1S/C19H18ClN3O3S/c1-21-19(22-13-6-8-15(26-2)9-7-13)27-16-11-17(24)23(18(16)25)14-5-3-4-12(20)10-14/h3-10,16H,11H2,1-2H3,(H,21,22)/t16-/m0/s1. The molecule has 3 rings (SSSR count). The average Bonchev–Trinajstić information content (AvgIpc) is 2.95. The first-order valence-corrected chi connectivity index (χ1v) is 9.44. The van der Waals surface area contributed by atoms with Gasteiger partial charge in [0.15, 0.2) is 5.17 Å². The van der Waals surface area contributed by atoms with E-state index >= 15 is 0 Å². The Hall–Kier alpha value is -2.51. The van der Waals surface area contributed by atoms with E-state index in [0.29, 0.717) is 15.9 Å². The molecule has 1 aliphatic heterocycles. The maximum Gasteiger partial charge on any atom is 0.247 e. The summed E-state index contributed by atoms with van der Waals surface area (Å²) in [5.41, 5.74) is 1.30. The van der Waals surface area contributed by atoms with Crippen LogP contribution in [0.3, 0.4) is 0 Å². The predicted molar refractivity (Wildman–Crippen MR) is 110 cm³/mol. The highest BCUT2D eigenvalue weighted by Crippen LogP contribution is 2.31. The zero-order chi connectivity index (χ0) is 19.4. The van der Waals surface area contributed by atoms with Crippen molar-refractivity contribution in [2.75, 3.05) is 24.4 Å². The maximum atomic E-state index is 12.8. The Morgan fingerprint density at radius 3 is 2.63 bits per heavy atom. The highest BCUT2D eigenvalue weighted by Gasteiger charge is 2.40. The van der Waals surface area contributed by atoms with E-state index in [9.17, 15) is 9.59 Å². The molecule has 1 saturated heterocycles. The van der Waals surface area contributed by atoms with Crippen LogP contribution in [0.25, 0.3) is 0 Å². The van der Waals surface area contributed by atoms with Gasteiger partial charge in [0.05, 0.1) is 12.8 Å². The van der Waals surface area contributed by atoms with E-state index in [2.05, 4.69) is 10.3 Å². The molecule has 0 spiro atoms. The molecule has 0 aromatic heterocycles. The van der Waals surface area contributed by atoms with Crippen LogP contribution in [0.4, 0.5) is 11.4 Å². The van der Waals surface area contributed by atoms with Crippen LogP contribution < -0.4 is 15.0 Å². The van der Waals surface area contributed by atoms with Crippen molar-refractivity contribution in [1.82, 2.24) is 0 Å². The van der Waals surface area contributed by atoms with E-state index in [1.54, 1.807) is 38.4 Å². The van der Waals surface area contributed by atoms with Gasteiger partial charge >= 0.3 is 0 Å². The molecule has 1 heterocycles. The lowest BCUT2D eigenvalue weighted by Gasteiger charge is -2.16. The van der Waals surface area contributed by atoms with Gasteiger partial charge in [-0.1, -0.05) is 29.4 Å². The molecule has 2 amide bonds. The smallest absolute Gasteiger partial charge is 0.247 e. The molecule has 2 aromatic carbocycles. The van der Waals surface area contributed by atoms with Crippen molar-refractivity contribution in [3.63, 3.8) is 0 Å². The molecule has 0 aliphatic carbocycles. The van der Waals surface area contributed by atoms with Crippen molar-refractivity contribution in [3.05, 3.63) is 53.6 Å². The molecule has 1 N–H and O–H groups in total. The maximum absolute atomic E-state index is 12.8. The molecule has 6 nitrogen and oxygen atoms in total. The third-order valence-corrected chi connectivity index (χ3v) is 5.37. The predicted octanol–water partition coefficient (Wildman–Crippen LogP) is 3.81. The zero-order valence-corrected chi connectivity index (χ0v) is 16.4. The fraction of sp³-hybridized carbons (Fsp3) is 0.211. The number of ether oxygens (including phenoxy) is 1. The second-order valence-electron chi connectivity index (χ2n) is 5.74. The van der Waals surface area contributed by atoms with Gasteiger partial charge < -0.3 is 10.1 Å². The minimum Gasteiger partial charge on any atom is -0.497 e. The van der Waals surface area contributed by atoms with Gasteiger partial charge in [0.2, 0.25) is 11.8 Å². The van der Waals surface area contributed by atoms with Crippen LogP contribution in [0.2, 0.25) is 5.02 Å². The molecular weight excluding hydrogens is 386 g/mol. The van der Waals surface area contributed by atoms with E-state index in [0.717, 1.165) is 11.4 Å². The second kappa shape index (κ2) is 8.45. The van der Waals surface area contributed by atoms with Crippen LogP contribution in [-0.2, 0) is 9.59 Å². The molecule has 0 saturated carbocycles. The van der Waals surface area contributed by atoms with E-state index in [1.165, 1.54) is 16.7 Å². The average molecular weight is 404 g/mol. The van der Waals surface area contributed by atoms with E-state index in [-0.39, 0.29) is 18.2 Å². The lowest BCUT2D eigenvalue weighted by Crippen LogP contribution is -2.31. The Morgan fingerprint density at radius 1 is 1.26 bits per heavy atom. The number of nitrogens with one attached hydrogen (secondary N) is 1. The minimum absolute atomic E-state index is 0.110. The third-order valence-electron chi connectivity index (χ3n) is 3.97. The number of hydrogen-bond donors (Lipinski definition) is 1. The van der Waals surface area contributed by atoms with Crippen molar-refractivity contribution < 1.29 is 14.3 Å². The highest BCUT2D eigenvalue weighted by atomic mass is 35.5. The SMILES string of the molecule is CN=C(Nc1ccc(OC)cc1)S[C@H]1CC(=O)N(c2cccc(Cl)c2)C1=O. The van der Waals surface area contributed by atoms with Gasteiger partial charge in [0.25, 0.3) is 0 Å². The summed E-state index contributed by atoms with van der Waals surface area (Å²) in [4.78, 5) is 30.5. The molecule has 27 heavy (non-hydrogen) atoms. The number of aliphatic imine (C=N–C) groups is 1. The molecule has 1 fully saturated rings. The summed E-state index contributed by atoms with van der Waals surface area (Å²) in [6.45, 7) is 0. The largest absolute Gasteiger partial charge is 0.497 e. The van der Waals surface area contributed by atoms with Gasteiger partial charge in [-0.05, 0) is 42.5 Å². The van der Waals surface area contributed by atoms with Crippen molar-refractivity contribution in [2.45, 2.75) is 11.7 Å². The van der Waals surface area contributed by atoms with Crippen LogP contribution in [0.15, 0.2) is 53.5 Å². The lowest BCUT2D eigenvalue weighted by atomic mass is 10.3. The zero-order valence-electron chi connectivity index (χ0n) is 14.8. The number of benzene rings is 2. The molecule has 1 atom stereocenters. The topological polar surface area (TPSA) is 71.0 Å². The molecule has 0 unspecified atom stereocenters. The van der Waals surface area contributed by atoms with Gasteiger partial charge in [-0.2, -0.15) is 0 Å². The van der Waals surface area contributed by atoms with E-state index in [4.69, 9.17) is 16.3 Å². The fourth-order valence-electron chi connectivity index (χ4n) is 2.65. The summed E-state index contributed by atoms with van der Waals surface area (Å²) in [5.74, 6) is 0.224. The molecule has 0 bridgehead atoms. The van der Waals surface area contributed by atoms with Crippen LogP contribution in [0.1, 0.15) is 6.42 Å². The number of halogens is 1. The highest BCUT2D eigenvalue weighted by molar-refractivity contribution is 8.15. The Morgan fingerprint density at radius 2 is 2.00 bits per heavy atom.